The van der Waals surface area contributed by atoms with Gasteiger partial charge in [-0.1, -0.05) is 43.5 Å². The van der Waals surface area contributed by atoms with Crippen molar-refractivity contribution < 1.29 is 29.3 Å². The minimum absolute atomic E-state index is 0.0918. The topological polar surface area (TPSA) is 121 Å². The van der Waals surface area contributed by atoms with Crippen LogP contribution in [0.1, 0.15) is 56.7 Å². The SMILES string of the molecule is Cc1nc(C=C(Cl)[C@@H]2C[C@@H]3O[C@]3(Cl)COC[C@H](C)[C@H](O)[C@@H](C)C(=O)C3(CCC3)[C@@H](O)CC(=O)N2)cs1. The number of Topliss-reactive ketones (excluding diaryl/α,β-unsaturated/α-hetero) is 1. The van der Waals surface area contributed by atoms with Gasteiger partial charge in [0.25, 0.3) is 0 Å². The van der Waals surface area contributed by atoms with Crippen LogP contribution in [0.2, 0.25) is 0 Å². The van der Waals surface area contributed by atoms with E-state index in [0.717, 1.165) is 11.4 Å². The highest BCUT2D eigenvalue weighted by molar-refractivity contribution is 7.09. The molecule has 1 aromatic heterocycles. The van der Waals surface area contributed by atoms with Crippen LogP contribution in [0.3, 0.4) is 0 Å². The molecular weight excluding hydrogens is 527 g/mol. The number of ketones is 1. The molecule has 1 amide bonds. The summed E-state index contributed by atoms with van der Waals surface area (Å²) < 4.78 is 11.5. The molecule has 3 heterocycles. The van der Waals surface area contributed by atoms with Crippen LogP contribution in [0, 0.1) is 24.2 Å². The number of amides is 1. The lowest BCUT2D eigenvalue weighted by atomic mass is 9.59. The Bertz CT molecular complexity index is 1010. The highest BCUT2D eigenvalue weighted by Crippen LogP contribution is 2.48. The molecule has 11 heteroatoms. The molecule has 2 saturated heterocycles. The molecule has 3 fully saturated rings. The number of carbonyl (C=O) groups is 2. The van der Waals surface area contributed by atoms with Crippen LogP contribution < -0.4 is 5.32 Å². The van der Waals surface area contributed by atoms with Crippen LogP contribution in [0.25, 0.3) is 6.08 Å². The number of fused-ring (bicyclic) bond motifs is 1. The Kier molecular flexibility index (Phi) is 8.51. The summed E-state index contributed by atoms with van der Waals surface area (Å²) in [5, 5.41) is 26.9. The van der Waals surface area contributed by atoms with Crippen molar-refractivity contribution in [2.75, 3.05) is 13.2 Å². The zero-order valence-corrected chi connectivity index (χ0v) is 23.0. The third kappa shape index (κ3) is 5.82. The summed E-state index contributed by atoms with van der Waals surface area (Å²) in [4.78, 5) is 30.9. The molecule has 8 nitrogen and oxygen atoms in total. The summed E-state index contributed by atoms with van der Waals surface area (Å²) >= 11 is 14.7. The molecule has 1 spiro atoms. The number of aromatic nitrogens is 1. The fourth-order valence-corrected chi connectivity index (χ4v) is 6.31. The summed E-state index contributed by atoms with van der Waals surface area (Å²) in [5.41, 5.74) is -0.352. The van der Waals surface area contributed by atoms with Crippen LogP contribution in [0.5, 0.6) is 0 Å². The number of hydrogen-bond donors (Lipinski definition) is 3. The van der Waals surface area contributed by atoms with Crippen LogP contribution in [0.15, 0.2) is 10.4 Å². The number of aliphatic hydroxyl groups is 2. The molecule has 1 aromatic rings. The molecule has 1 saturated carbocycles. The van der Waals surface area contributed by atoms with E-state index in [1.807, 2.05) is 19.2 Å². The minimum atomic E-state index is -1.17. The number of ether oxygens (including phenoxy) is 2. The van der Waals surface area contributed by atoms with Crippen molar-refractivity contribution in [2.45, 2.75) is 82.3 Å². The quantitative estimate of drug-likeness (QED) is 0.374. The van der Waals surface area contributed by atoms with E-state index in [0.29, 0.717) is 30.0 Å². The first-order valence-electron chi connectivity index (χ1n) is 12.4. The van der Waals surface area contributed by atoms with E-state index in [-0.39, 0.29) is 31.3 Å². The van der Waals surface area contributed by atoms with Crippen molar-refractivity contribution in [3.8, 4) is 0 Å². The molecule has 0 aromatic carbocycles. The van der Waals surface area contributed by atoms with Gasteiger partial charge in [-0.2, -0.15) is 0 Å². The van der Waals surface area contributed by atoms with Crippen LogP contribution in [-0.4, -0.2) is 69.5 Å². The van der Waals surface area contributed by atoms with Crippen molar-refractivity contribution in [1.29, 1.82) is 0 Å². The third-order valence-electron chi connectivity index (χ3n) is 7.74. The van der Waals surface area contributed by atoms with Crippen molar-refractivity contribution >= 4 is 52.3 Å². The average Bonchev–Trinajstić information content (AvgIpc) is 3.22. The van der Waals surface area contributed by atoms with Gasteiger partial charge >= 0.3 is 0 Å². The number of rotatable bonds is 2. The molecule has 0 radical (unpaired) electrons. The van der Waals surface area contributed by atoms with Crippen LogP contribution in [0.4, 0.5) is 0 Å². The summed E-state index contributed by atoms with van der Waals surface area (Å²) in [5.74, 6) is -1.69. The van der Waals surface area contributed by atoms with E-state index in [2.05, 4.69) is 10.3 Å². The number of nitrogens with one attached hydrogen (secondary N) is 1. The summed E-state index contributed by atoms with van der Waals surface area (Å²) in [7, 11) is 0. The second kappa shape index (κ2) is 11.0. The van der Waals surface area contributed by atoms with E-state index in [4.69, 9.17) is 32.7 Å². The molecule has 0 unspecified atom stereocenters. The fraction of sp³-hybridized carbons (Fsp3) is 0.720. The molecule has 36 heavy (non-hydrogen) atoms. The maximum Gasteiger partial charge on any atom is 0.223 e. The van der Waals surface area contributed by atoms with Crippen LogP contribution >= 0.6 is 34.5 Å². The first kappa shape index (κ1) is 28.0. The van der Waals surface area contributed by atoms with Gasteiger partial charge in [0.15, 0.2) is 5.06 Å². The van der Waals surface area contributed by atoms with Gasteiger partial charge in [0.05, 0.1) is 54.0 Å². The Morgan fingerprint density at radius 1 is 1.31 bits per heavy atom. The molecular formula is C25H34Cl2N2O6S. The molecule has 200 valence electrons. The van der Waals surface area contributed by atoms with Crippen molar-refractivity contribution in [3.63, 3.8) is 0 Å². The predicted molar refractivity (Wildman–Crippen MR) is 138 cm³/mol. The highest BCUT2D eigenvalue weighted by atomic mass is 35.5. The Hall–Kier alpha value is -1.07. The Balaban J connectivity index is 1.58. The third-order valence-corrected chi connectivity index (χ3v) is 9.35. The average molecular weight is 562 g/mol. The largest absolute Gasteiger partial charge is 0.392 e. The van der Waals surface area contributed by atoms with E-state index in [1.165, 1.54) is 11.3 Å². The number of thiazole rings is 1. The zero-order chi connectivity index (χ0) is 26.3. The lowest BCUT2D eigenvalue weighted by Gasteiger charge is -2.46. The maximum absolute atomic E-state index is 13.4. The van der Waals surface area contributed by atoms with Crippen molar-refractivity contribution in [3.05, 3.63) is 21.1 Å². The standard InChI is InChI=1S/C25H34Cl2N2O6S/c1-13-10-34-12-25(27)20(35-25)8-18(17(26)7-16-11-36-15(3)28-16)29-21(31)9-19(30)24(5-4-6-24)23(33)14(2)22(13)32/h7,11,13-14,18-20,22,30,32H,4-6,8-10,12H2,1-3H3,(H,29,31)/t13-,14+,18-,19-,20-,22-,25+/m0/s1. The Morgan fingerprint density at radius 2 is 2.03 bits per heavy atom. The number of hydrogen-bond acceptors (Lipinski definition) is 8. The van der Waals surface area contributed by atoms with Gasteiger partial charge in [-0.15, -0.1) is 11.3 Å². The number of alkyl halides is 1. The smallest absolute Gasteiger partial charge is 0.223 e. The summed E-state index contributed by atoms with van der Waals surface area (Å²) in [6.07, 6.45) is 0.971. The number of carbonyl (C=O) groups excluding carboxylic acids is 2. The second-order valence-electron chi connectivity index (χ2n) is 10.4. The number of halogens is 2. The van der Waals surface area contributed by atoms with E-state index in [1.54, 1.807) is 13.0 Å². The van der Waals surface area contributed by atoms with Gasteiger partial charge in [-0.05, 0) is 25.8 Å². The first-order valence-corrected chi connectivity index (χ1v) is 14.0. The Morgan fingerprint density at radius 3 is 2.64 bits per heavy atom. The van der Waals surface area contributed by atoms with Crippen molar-refractivity contribution in [2.24, 2.45) is 17.3 Å². The number of epoxide rings is 1. The number of aliphatic hydroxyl groups excluding tert-OH is 2. The van der Waals surface area contributed by atoms with Gasteiger partial charge in [-0.3, -0.25) is 9.59 Å². The highest BCUT2D eigenvalue weighted by Gasteiger charge is 2.57. The van der Waals surface area contributed by atoms with E-state index < -0.39 is 46.7 Å². The van der Waals surface area contributed by atoms with E-state index >= 15 is 0 Å². The fourth-order valence-electron chi connectivity index (χ4n) is 5.21. The lowest BCUT2D eigenvalue weighted by Crippen LogP contribution is -2.54. The maximum atomic E-state index is 13.4. The predicted octanol–water partition coefficient (Wildman–Crippen LogP) is 3.39. The molecule has 0 bridgehead atoms. The molecule has 3 N–H and O–H groups in total. The molecule has 1 aliphatic carbocycles. The number of aryl methyl sites for hydroxylation is 1. The van der Waals surface area contributed by atoms with Gasteiger partial charge in [0.1, 0.15) is 11.9 Å². The van der Waals surface area contributed by atoms with Crippen LogP contribution in [-0.2, 0) is 19.1 Å². The second-order valence-corrected chi connectivity index (χ2v) is 12.6. The lowest BCUT2D eigenvalue weighted by molar-refractivity contribution is -0.155. The van der Waals surface area contributed by atoms with Crippen molar-refractivity contribution in [1.82, 2.24) is 10.3 Å². The van der Waals surface area contributed by atoms with Gasteiger partial charge < -0.3 is 25.0 Å². The van der Waals surface area contributed by atoms with Gasteiger partial charge in [-0.25, -0.2) is 4.98 Å². The molecule has 7 atom stereocenters. The Labute approximate surface area is 225 Å². The minimum Gasteiger partial charge on any atom is -0.392 e. The van der Waals surface area contributed by atoms with Gasteiger partial charge in [0, 0.05) is 28.7 Å². The molecule has 3 aliphatic rings. The van der Waals surface area contributed by atoms with Gasteiger partial charge in [0.2, 0.25) is 5.91 Å². The summed E-state index contributed by atoms with van der Waals surface area (Å²) in [6.45, 7) is 5.66. The summed E-state index contributed by atoms with van der Waals surface area (Å²) in [6, 6.07) is -0.625. The molecule has 2 aliphatic heterocycles. The van der Waals surface area contributed by atoms with E-state index in [9.17, 15) is 19.8 Å². The normalized spacial score (nSPS) is 38.2. The first-order chi connectivity index (χ1) is 16.9. The number of nitrogens with zero attached hydrogens (tertiary/aromatic N) is 1. The monoisotopic (exact) mass is 560 g/mol. The zero-order valence-electron chi connectivity index (χ0n) is 20.7. The molecule has 4 rings (SSSR count).